The van der Waals surface area contributed by atoms with E-state index in [1.165, 1.54) is 5.56 Å². The number of halogens is 2. The molecule has 0 saturated carbocycles. The summed E-state index contributed by atoms with van der Waals surface area (Å²) in [7, 11) is 0. The van der Waals surface area contributed by atoms with E-state index in [4.69, 9.17) is 11.8 Å². The Hall–Kier alpha value is -0.210. The molecule has 0 saturated heterocycles. The molecule has 10 heavy (non-hydrogen) atoms. The molecular weight excluding hydrogens is 213 g/mol. The highest BCUT2D eigenvalue weighted by atomic mass is 79.9. The Balaban J connectivity index is 2.80. The van der Waals surface area contributed by atoms with Crippen LogP contribution in [0, 0.1) is 0 Å². The molecule has 1 aromatic carbocycles. The highest BCUT2D eigenvalue weighted by Crippen LogP contribution is 2.11. The molecule has 0 amide bonds. The van der Waals surface area contributed by atoms with Crippen LogP contribution < -0.4 is 4.84 Å². The minimum absolute atomic E-state index is 0.884. The van der Waals surface area contributed by atoms with Crippen molar-refractivity contribution in [2.45, 2.75) is 5.33 Å². The van der Waals surface area contributed by atoms with Gasteiger partial charge in [-0.1, -0.05) is 28.1 Å². The van der Waals surface area contributed by atoms with Gasteiger partial charge in [-0.15, -0.1) is 0 Å². The Morgan fingerprint density at radius 2 is 1.90 bits per heavy atom. The molecule has 0 heterocycles. The minimum Gasteiger partial charge on any atom is -0.299 e. The van der Waals surface area contributed by atoms with E-state index >= 15 is 0 Å². The van der Waals surface area contributed by atoms with E-state index < -0.39 is 0 Å². The van der Waals surface area contributed by atoms with Gasteiger partial charge in [0.25, 0.3) is 0 Å². The van der Waals surface area contributed by atoms with Crippen LogP contribution in [0.1, 0.15) is 5.56 Å². The number of nitrogens with one attached hydrogen (secondary N) is 1. The van der Waals surface area contributed by atoms with Gasteiger partial charge in [0.15, 0.2) is 0 Å². The third-order valence-electron chi connectivity index (χ3n) is 1.22. The third kappa shape index (κ3) is 1.89. The predicted octanol–water partition coefficient (Wildman–Crippen LogP) is 3.15. The second-order valence-electron chi connectivity index (χ2n) is 1.93. The van der Waals surface area contributed by atoms with E-state index in [1.807, 2.05) is 24.3 Å². The fourth-order valence-corrected chi connectivity index (χ4v) is 1.16. The van der Waals surface area contributed by atoms with Gasteiger partial charge in [0.1, 0.15) is 0 Å². The van der Waals surface area contributed by atoms with Crippen molar-refractivity contribution in [3.05, 3.63) is 29.8 Å². The van der Waals surface area contributed by atoms with E-state index in [0.29, 0.717) is 0 Å². The van der Waals surface area contributed by atoms with Crippen LogP contribution in [-0.2, 0) is 5.33 Å². The van der Waals surface area contributed by atoms with E-state index in [2.05, 4.69) is 20.8 Å². The average Bonchev–Trinajstić information content (AvgIpc) is 2.05. The Morgan fingerprint density at radius 3 is 2.30 bits per heavy atom. The zero-order valence-corrected chi connectivity index (χ0v) is 7.61. The first-order valence-electron chi connectivity index (χ1n) is 2.88. The molecule has 1 nitrogen and oxygen atoms in total. The SMILES string of the molecule is ClNc1ccc(CBr)cc1. The molecule has 1 aromatic rings. The standard InChI is InChI=1S/C7H7BrClN/c8-5-6-1-3-7(10-9)4-2-6/h1-4,10H,5H2. The first-order chi connectivity index (χ1) is 4.86. The number of benzene rings is 1. The lowest BCUT2D eigenvalue weighted by molar-refractivity contribution is 1.44. The molecule has 0 unspecified atom stereocenters. The summed E-state index contributed by atoms with van der Waals surface area (Å²) in [4.78, 5) is 2.54. The first-order valence-corrected chi connectivity index (χ1v) is 4.38. The molecule has 0 spiro atoms. The van der Waals surface area contributed by atoms with Gasteiger partial charge < -0.3 is 0 Å². The molecule has 0 radical (unpaired) electrons. The average molecular weight is 220 g/mol. The third-order valence-corrected chi connectivity index (χ3v) is 2.08. The van der Waals surface area contributed by atoms with Crippen LogP contribution in [0.5, 0.6) is 0 Å². The number of hydrogen-bond donors (Lipinski definition) is 1. The van der Waals surface area contributed by atoms with Crippen LogP contribution in [-0.4, -0.2) is 0 Å². The molecule has 0 bridgehead atoms. The van der Waals surface area contributed by atoms with Crippen molar-refractivity contribution in [1.29, 1.82) is 0 Å². The van der Waals surface area contributed by atoms with Crippen LogP contribution in [0.3, 0.4) is 0 Å². The zero-order chi connectivity index (χ0) is 7.40. The van der Waals surface area contributed by atoms with Crippen LogP contribution in [0.4, 0.5) is 5.69 Å². The van der Waals surface area contributed by atoms with E-state index in [9.17, 15) is 0 Å². The van der Waals surface area contributed by atoms with Crippen molar-refractivity contribution in [3.63, 3.8) is 0 Å². The molecular formula is C7H7BrClN. The van der Waals surface area contributed by atoms with Crippen LogP contribution >= 0.6 is 27.7 Å². The Morgan fingerprint density at radius 1 is 1.30 bits per heavy atom. The van der Waals surface area contributed by atoms with Crippen molar-refractivity contribution >= 4 is 33.4 Å². The fraction of sp³-hybridized carbons (Fsp3) is 0.143. The topological polar surface area (TPSA) is 12.0 Å². The summed E-state index contributed by atoms with van der Waals surface area (Å²) < 4.78 is 0. The lowest BCUT2D eigenvalue weighted by Gasteiger charge is -1.97. The minimum atomic E-state index is 0.884. The maximum absolute atomic E-state index is 5.36. The lowest BCUT2D eigenvalue weighted by Crippen LogP contribution is -1.80. The number of rotatable bonds is 2. The van der Waals surface area contributed by atoms with E-state index in [-0.39, 0.29) is 0 Å². The molecule has 0 aromatic heterocycles. The van der Waals surface area contributed by atoms with Gasteiger partial charge in [-0.25, -0.2) is 0 Å². The molecule has 0 atom stereocenters. The zero-order valence-electron chi connectivity index (χ0n) is 5.27. The molecule has 54 valence electrons. The van der Waals surface area contributed by atoms with Crippen LogP contribution in [0.15, 0.2) is 24.3 Å². The van der Waals surface area contributed by atoms with E-state index in [1.54, 1.807) is 0 Å². The maximum Gasteiger partial charge on any atom is 0.0491 e. The molecule has 1 rings (SSSR count). The summed E-state index contributed by atoms with van der Waals surface area (Å²) in [5.74, 6) is 0. The van der Waals surface area contributed by atoms with Gasteiger partial charge in [0.05, 0.1) is 0 Å². The molecule has 0 aliphatic heterocycles. The summed E-state index contributed by atoms with van der Waals surface area (Å²) in [6, 6.07) is 7.89. The normalized spacial score (nSPS) is 9.40. The van der Waals surface area contributed by atoms with E-state index in [0.717, 1.165) is 11.0 Å². The van der Waals surface area contributed by atoms with Gasteiger partial charge in [0, 0.05) is 22.8 Å². The molecule has 0 aliphatic rings. The quantitative estimate of drug-likeness (QED) is 0.596. The summed E-state index contributed by atoms with van der Waals surface area (Å²) >= 11 is 8.71. The Labute approximate surface area is 73.6 Å². The highest BCUT2D eigenvalue weighted by molar-refractivity contribution is 9.08. The first kappa shape index (κ1) is 7.89. The van der Waals surface area contributed by atoms with Crippen LogP contribution in [0.25, 0.3) is 0 Å². The number of alkyl halides is 1. The van der Waals surface area contributed by atoms with Gasteiger partial charge in [-0.3, -0.25) is 4.84 Å². The van der Waals surface area contributed by atoms with Gasteiger partial charge >= 0.3 is 0 Å². The van der Waals surface area contributed by atoms with Crippen molar-refractivity contribution in [3.8, 4) is 0 Å². The molecule has 1 N–H and O–H groups in total. The monoisotopic (exact) mass is 219 g/mol. The second kappa shape index (κ2) is 3.84. The largest absolute Gasteiger partial charge is 0.299 e. The number of hydrogen-bond acceptors (Lipinski definition) is 1. The lowest BCUT2D eigenvalue weighted by atomic mass is 10.2. The smallest absolute Gasteiger partial charge is 0.0491 e. The summed E-state index contributed by atoms with van der Waals surface area (Å²) in [6.07, 6.45) is 0. The summed E-state index contributed by atoms with van der Waals surface area (Å²) in [6.45, 7) is 0. The molecule has 3 heteroatoms. The summed E-state index contributed by atoms with van der Waals surface area (Å²) in [5, 5.41) is 0.884. The predicted molar refractivity (Wildman–Crippen MR) is 48.5 cm³/mol. The fourth-order valence-electron chi connectivity index (χ4n) is 0.657. The Bertz CT molecular complexity index is 174. The molecule has 0 fully saturated rings. The number of anilines is 1. The Kier molecular flexibility index (Phi) is 3.03. The van der Waals surface area contributed by atoms with Crippen molar-refractivity contribution in [2.24, 2.45) is 0 Å². The van der Waals surface area contributed by atoms with Crippen molar-refractivity contribution in [2.75, 3.05) is 4.84 Å². The molecule has 0 aliphatic carbocycles. The van der Waals surface area contributed by atoms with Crippen molar-refractivity contribution in [1.82, 2.24) is 0 Å². The van der Waals surface area contributed by atoms with Crippen LogP contribution in [0.2, 0.25) is 0 Å². The summed E-state index contributed by atoms with van der Waals surface area (Å²) in [5.41, 5.74) is 2.17. The maximum atomic E-state index is 5.36. The van der Waals surface area contributed by atoms with Gasteiger partial charge in [0.2, 0.25) is 0 Å². The second-order valence-corrected chi connectivity index (χ2v) is 2.67. The van der Waals surface area contributed by atoms with Crippen molar-refractivity contribution < 1.29 is 0 Å². The highest BCUT2D eigenvalue weighted by Gasteiger charge is 1.89. The van der Waals surface area contributed by atoms with Gasteiger partial charge in [-0.2, -0.15) is 0 Å². The van der Waals surface area contributed by atoms with Gasteiger partial charge in [-0.05, 0) is 17.7 Å².